The molecule has 1 heterocycles. The molecule has 0 aliphatic carbocycles. The SMILES string of the molecule is Cc1oc2cc(I)c(O)cc2c1C(=O)O. The number of fused-ring (bicyclic) bond motifs is 1. The van der Waals surface area contributed by atoms with Gasteiger partial charge in [-0.05, 0) is 41.6 Å². The van der Waals surface area contributed by atoms with Crippen LogP contribution in [0.5, 0.6) is 5.75 Å². The average molecular weight is 318 g/mol. The highest BCUT2D eigenvalue weighted by atomic mass is 127. The Morgan fingerprint density at radius 1 is 1.47 bits per heavy atom. The second-order valence-electron chi connectivity index (χ2n) is 3.14. The van der Waals surface area contributed by atoms with Crippen LogP contribution in [0.25, 0.3) is 11.0 Å². The molecule has 4 nitrogen and oxygen atoms in total. The molecule has 15 heavy (non-hydrogen) atoms. The zero-order valence-electron chi connectivity index (χ0n) is 7.74. The number of hydrogen-bond donors (Lipinski definition) is 2. The molecule has 78 valence electrons. The number of aromatic hydroxyl groups is 1. The summed E-state index contributed by atoms with van der Waals surface area (Å²) in [6.07, 6.45) is 0. The zero-order valence-corrected chi connectivity index (χ0v) is 9.90. The molecule has 0 radical (unpaired) electrons. The van der Waals surface area contributed by atoms with Crippen molar-refractivity contribution in [2.45, 2.75) is 6.92 Å². The maximum Gasteiger partial charge on any atom is 0.339 e. The van der Waals surface area contributed by atoms with Crippen molar-refractivity contribution in [3.63, 3.8) is 0 Å². The molecule has 0 saturated carbocycles. The molecule has 1 aromatic carbocycles. The van der Waals surface area contributed by atoms with E-state index in [0.29, 0.717) is 20.3 Å². The molecular weight excluding hydrogens is 311 g/mol. The Hall–Kier alpha value is -1.24. The number of phenols is 1. The van der Waals surface area contributed by atoms with E-state index in [1.54, 1.807) is 13.0 Å². The quantitative estimate of drug-likeness (QED) is 0.793. The highest BCUT2D eigenvalue weighted by Crippen LogP contribution is 2.31. The summed E-state index contributed by atoms with van der Waals surface area (Å²) in [6.45, 7) is 1.59. The summed E-state index contributed by atoms with van der Waals surface area (Å²) >= 11 is 1.95. The molecule has 5 heteroatoms. The minimum Gasteiger partial charge on any atom is -0.507 e. The highest BCUT2D eigenvalue weighted by molar-refractivity contribution is 14.1. The minimum atomic E-state index is -1.05. The monoisotopic (exact) mass is 318 g/mol. The van der Waals surface area contributed by atoms with Crippen LogP contribution in [-0.4, -0.2) is 16.2 Å². The molecule has 0 atom stereocenters. The van der Waals surface area contributed by atoms with Crippen LogP contribution in [0.1, 0.15) is 16.1 Å². The lowest BCUT2D eigenvalue weighted by molar-refractivity contribution is 0.0697. The van der Waals surface area contributed by atoms with E-state index in [9.17, 15) is 9.90 Å². The van der Waals surface area contributed by atoms with Crippen molar-refractivity contribution in [1.82, 2.24) is 0 Å². The fraction of sp³-hybridized carbons (Fsp3) is 0.100. The van der Waals surface area contributed by atoms with Crippen LogP contribution in [0.2, 0.25) is 0 Å². The first kappa shape index (κ1) is 10.3. The maximum atomic E-state index is 10.9. The minimum absolute atomic E-state index is 0.0615. The van der Waals surface area contributed by atoms with Gasteiger partial charge in [0.05, 0.1) is 3.57 Å². The highest BCUT2D eigenvalue weighted by Gasteiger charge is 2.18. The third-order valence-electron chi connectivity index (χ3n) is 2.15. The van der Waals surface area contributed by atoms with Gasteiger partial charge in [0.15, 0.2) is 0 Å². The topological polar surface area (TPSA) is 70.7 Å². The first-order valence-electron chi connectivity index (χ1n) is 4.15. The number of rotatable bonds is 1. The van der Waals surface area contributed by atoms with E-state index in [0.717, 1.165) is 0 Å². The van der Waals surface area contributed by atoms with Gasteiger partial charge in [-0.25, -0.2) is 4.79 Å². The van der Waals surface area contributed by atoms with Crippen molar-refractivity contribution >= 4 is 39.5 Å². The molecule has 2 rings (SSSR count). The maximum absolute atomic E-state index is 10.9. The number of carboxylic acids is 1. The van der Waals surface area contributed by atoms with Crippen LogP contribution in [0.4, 0.5) is 0 Å². The number of aryl methyl sites for hydroxylation is 1. The van der Waals surface area contributed by atoms with Gasteiger partial charge in [0.25, 0.3) is 0 Å². The van der Waals surface area contributed by atoms with Gasteiger partial charge < -0.3 is 14.6 Å². The summed E-state index contributed by atoms with van der Waals surface area (Å²) in [7, 11) is 0. The predicted molar refractivity (Wildman–Crippen MR) is 62.3 cm³/mol. The zero-order chi connectivity index (χ0) is 11.2. The Balaban J connectivity index is 2.87. The van der Waals surface area contributed by atoms with Gasteiger partial charge in [-0.15, -0.1) is 0 Å². The van der Waals surface area contributed by atoms with Crippen molar-refractivity contribution in [3.05, 3.63) is 27.0 Å². The molecule has 2 aromatic rings. The number of carbonyl (C=O) groups is 1. The number of aromatic carboxylic acids is 1. The lowest BCUT2D eigenvalue weighted by Gasteiger charge is -1.96. The lowest BCUT2D eigenvalue weighted by Crippen LogP contribution is -1.96. The normalized spacial score (nSPS) is 10.8. The van der Waals surface area contributed by atoms with Crippen molar-refractivity contribution < 1.29 is 19.4 Å². The summed E-state index contributed by atoms with van der Waals surface area (Å²) in [5, 5.41) is 18.9. The van der Waals surface area contributed by atoms with Gasteiger partial charge in [-0.2, -0.15) is 0 Å². The van der Waals surface area contributed by atoms with E-state index >= 15 is 0 Å². The molecule has 0 spiro atoms. The van der Waals surface area contributed by atoms with Gasteiger partial charge in [0.2, 0.25) is 0 Å². The number of furan rings is 1. The molecule has 0 bridgehead atoms. The second-order valence-corrected chi connectivity index (χ2v) is 4.30. The molecule has 0 aliphatic heterocycles. The lowest BCUT2D eigenvalue weighted by atomic mass is 10.1. The molecule has 0 aliphatic rings. The first-order chi connectivity index (χ1) is 7.00. The summed E-state index contributed by atoms with van der Waals surface area (Å²) in [4.78, 5) is 10.9. The van der Waals surface area contributed by atoms with Gasteiger partial charge in [-0.1, -0.05) is 0 Å². The largest absolute Gasteiger partial charge is 0.507 e. The molecule has 0 unspecified atom stereocenters. The fourth-order valence-corrected chi connectivity index (χ4v) is 1.93. The van der Waals surface area contributed by atoms with E-state index in [1.807, 2.05) is 22.6 Å². The van der Waals surface area contributed by atoms with Crippen molar-refractivity contribution in [2.24, 2.45) is 0 Å². The number of benzene rings is 1. The number of halogens is 1. The van der Waals surface area contributed by atoms with E-state index in [2.05, 4.69) is 0 Å². The number of hydrogen-bond acceptors (Lipinski definition) is 3. The Morgan fingerprint density at radius 2 is 2.13 bits per heavy atom. The van der Waals surface area contributed by atoms with Crippen molar-refractivity contribution in [3.8, 4) is 5.75 Å². The molecule has 0 amide bonds. The third kappa shape index (κ3) is 1.56. The van der Waals surface area contributed by atoms with E-state index < -0.39 is 5.97 Å². The van der Waals surface area contributed by atoms with Crippen LogP contribution in [0, 0.1) is 10.5 Å². The van der Waals surface area contributed by atoms with E-state index in [-0.39, 0.29) is 11.3 Å². The van der Waals surface area contributed by atoms with Crippen LogP contribution >= 0.6 is 22.6 Å². The molecule has 0 fully saturated rings. The van der Waals surface area contributed by atoms with Crippen LogP contribution in [0.15, 0.2) is 16.5 Å². The second kappa shape index (κ2) is 3.41. The van der Waals surface area contributed by atoms with Crippen LogP contribution in [0.3, 0.4) is 0 Å². The third-order valence-corrected chi connectivity index (χ3v) is 3.01. The molecule has 1 aromatic heterocycles. The molecular formula is C10H7IO4. The fourth-order valence-electron chi connectivity index (χ4n) is 1.49. The van der Waals surface area contributed by atoms with Crippen molar-refractivity contribution in [1.29, 1.82) is 0 Å². The first-order valence-corrected chi connectivity index (χ1v) is 5.23. The average Bonchev–Trinajstić information content (AvgIpc) is 2.41. The summed E-state index contributed by atoms with van der Waals surface area (Å²) in [6, 6.07) is 3.03. The molecule has 0 saturated heterocycles. The van der Waals surface area contributed by atoms with Gasteiger partial charge >= 0.3 is 5.97 Å². The Bertz CT molecular complexity index is 556. The van der Waals surface area contributed by atoms with E-state index in [1.165, 1.54) is 6.07 Å². The predicted octanol–water partition coefficient (Wildman–Crippen LogP) is 2.75. The standard InChI is InChI=1S/C10H7IO4/c1-4-9(10(13)14)5-2-7(12)6(11)3-8(5)15-4/h2-3,12H,1H3,(H,13,14). The van der Waals surface area contributed by atoms with Gasteiger partial charge in [0, 0.05) is 5.39 Å². The van der Waals surface area contributed by atoms with E-state index in [4.69, 9.17) is 9.52 Å². The number of carboxylic acid groups (broad SMARTS) is 1. The Labute approximate surface area is 98.6 Å². The Morgan fingerprint density at radius 3 is 2.73 bits per heavy atom. The molecule has 2 N–H and O–H groups in total. The summed E-state index contributed by atoms with van der Waals surface area (Å²) in [5.74, 6) is -0.642. The Kier molecular flexibility index (Phi) is 2.34. The smallest absolute Gasteiger partial charge is 0.339 e. The van der Waals surface area contributed by atoms with Crippen LogP contribution < -0.4 is 0 Å². The van der Waals surface area contributed by atoms with Gasteiger partial charge in [-0.3, -0.25) is 0 Å². The van der Waals surface area contributed by atoms with Crippen LogP contribution in [-0.2, 0) is 0 Å². The summed E-state index contributed by atoms with van der Waals surface area (Å²) < 4.78 is 5.93. The van der Waals surface area contributed by atoms with Crippen molar-refractivity contribution in [2.75, 3.05) is 0 Å². The summed E-state index contributed by atoms with van der Waals surface area (Å²) in [5.41, 5.74) is 0.587. The van der Waals surface area contributed by atoms with Gasteiger partial charge in [0.1, 0.15) is 22.7 Å². The number of phenolic OH excluding ortho intramolecular Hbond substituents is 1.